The van der Waals surface area contributed by atoms with Gasteiger partial charge in [-0.2, -0.15) is 0 Å². The third kappa shape index (κ3) is 2.21. The SMILES string of the molecule is NC1CCC2(CC1)CCN(c1ccc(F)cc1Cl)C2=O. The first-order chi connectivity index (χ1) is 9.52. The van der Waals surface area contributed by atoms with Crippen molar-refractivity contribution in [1.82, 2.24) is 0 Å². The molecule has 20 heavy (non-hydrogen) atoms. The molecule has 0 atom stereocenters. The van der Waals surface area contributed by atoms with Gasteiger partial charge in [-0.3, -0.25) is 4.79 Å². The van der Waals surface area contributed by atoms with Crippen molar-refractivity contribution in [2.75, 3.05) is 11.4 Å². The second-order valence-electron chi connectivity index (χ2n) is 5.92. The maximum atomic E-state index is 13.1. The molecule has 0 unspecified atom stereocenters. The highest BCUT2D eigenvalue weighted by Gasteiger charge is 2.48. The number of carbonyl (C=O) groups excluding carboxylic acids is 1. The molecule has 1 amide bonds. The maximum Gasteiger partial charge on any atom is 0.233 e. The first kappa shape index (κ1) is 13.8. The van der Waals surface area contributed by atoms with Crippen LogP contribution in [0.25, 0.3) is 0 Å². The zero-order valence-electron chi connectivity index (χ0n) is 11.2. The molecule has 1 saturated heterocycles. The average Bonchev–Trinajstić information content (AvgIpc) is 2.72. The molecule has 5 heteroatoms. The lowest BCUT2D eigenvalue weighted by Gasteiger charge is -2.34. The van der Waals surface area contributed by atoms with Crippen LogP contribution in [0.5, 0.6) is 0 Å². The first-order valence-corrected chi connectivity index (χ1v) is 7.42. The zero-order valence-corrected chi connectivity index (χ0v) is 12.0. The summed E-state index contributed by atoms with van der Waals surface area (Å²) in [7, 11) is 0. The largest absolute Gasteiger partial charge is 0.328 e. The minimum absolute atomic E-state index is 0.123. The molecule has 2 aliphatic rings. The lowest BCUT2D eigenvalue weighted by Crippen LogP contribution is -2.40. The van der Waals surface area contributed by atoms with Crippen molar-refractivity contribution in [1.29, 1.82) is 0 Å². The number of rotatable bonds is 1. The summed E-state index contributed by atoms with van der Waals surface area (Å²) in [6.07, 6.45) is 4.34. The summed E-state index contributed by atoms with van der Waals surface area (Å²) < 4.78 is 13.1. The van der Waals surface area contributed by atoms with E-state index in [1.165, 1.54) is 12.1 Å². The van der Waals surface area contributed by atoms with E-state index in [0.29, 0.717) is 17.3 Å². The highest BCUT2D eigenvalue weighted by molar-refractivity contribution is 6.34. The summed E-state index contributed by atoms with van der Waals surface area (Å²) in [6, 6.07) is 4.41. The molecule has 1 aromatic rings. The summed E-state index contributed by atoms with van der Waals surface area (Å²) in [5.41, 5.74) is 6.28. The Morgan fingerprint density at radius 3 is 2.65 bits per heavy atom. The summed E-state index contributed by atoms with van der Waals surface area (Å²) in [6.45, 7) is 0.652. The Balaban J connectivity index is 1.85. The van der Waals surface area contributed by atoms with Crippen LogP contribution in [0.15, 0.2) is 18.2 Å². The van der Waals surface area contributed by atoms with Gasteiger partial charge in [0.25, 0.3) is 0 Å². The molecule has 3 nitrogen and oxygen atoms in total. The second kappa shape index (κ2) is 5.01. The first-order valence-electron chi connectivity index (χ1n) is 7.04. The molecule has 2 N–H and O–H groups in total. The molecule has 1 spiro atoms. The van der Waals surface area contributed by atoms with Gasteiger partial charge < -0.3 is 10.6 Å². The van der Waals surface area contributed by atoms with Gasteiger partial charge >= 0.3 is 0 Å². The van der Waals surface area contributed by atoms with E-state index in [1.54, 1.807) is 11.0 Å². The molecular formula is C15H18ClFN2O. The van der Waals surface area contributed by atoms with E-state index in [9.17, 15) is 9.18 Å². The van der Waals surface area contributed by atoms with Crippen LogP contribution >= 0.6 is 11.6 Å². The number of amides is 1. The summed E-state index contributed by atoms with van der Waals surface area (Å²) in [5.74, 6) is -0.262. The number of hydrogen-bond acceptors (Lipinski definition) is 2. The predicted octanol–water partition coefficient (Wildman–Crippen LogP) is 3.10. The molecule has 1 aromatic carbocycles. The van der Waals surface area contributed by atoms with E-state index in [0.717, 1.165) is 32.1 Å². The van der Waals surface area contributed by atoms with E-state index in [-0.39, 0.29) is 23.2 Å². The number of hydrogen-bond donors (Lipinski definition) is 1. The van der Waals surface area contributed by atoms with Crippen molar-refractivity contribution in [2.24, 2.45) is 11.1 Å². The number of halogens is 2. The Labute approximate surface area is 122 Å². The molecule has 2 fully saturated rings. The quantitative estimate of drug-likeness (QED) is 0.865. The molecule has 0 radical (unpaired) electrons. The van der Waals surface area contributed by atoms with Crippen LogP contribution in [0.4, 0.5) is 10.1 Å². The van der Waals surface area contributed by atoms with Gasteiger partial charge in [0.15, 0.2) is 0 Å². The predicted molar refractivity (Wildman–Crippen MR) is 77.3 cm³/mol. The van der Waals surface area contributed by atoms with E-state index in [2.05, 4.69) is 0 Å². The fraction of sp³-hybridized carbons (Fsp3) is 0.533. The number of carbonyl (C=O) groups is 1. The van der Waals surface area contributed by atoms with Crippen LogP contribution in [-0.2, 0) is 4.79 Å². The van der Waals surface area contributed by atoms with E-state index >= 15 is 0 Å². The van der Waals surface area contributed by atoms with Crippen molar-refractivity contribution in [3.8, 4) is 0 Å². The Morgan fingerprint density at radius 1 is 1.30 bits per heavy atom. The van der Waals surface area contributed by atoms with Gasteiger partial charge in [-0.15, -0.1) is 0 Å². The van der Waals surface area contributed by atoms with E-state index in [4.69, 9.17) is 17.3 Å². The van der Waals surface area contributed by atoms with Gasteiger partial charge in [0, 0.05) is 12.6 Å². The molecule has 0 aromatic heterocycles. The molecule has 1 saturated carbocycles. The molecule has 1 aliphatic carbocycles. The third-order valence-electron chi connectivity index (χ3n) is 4.70. The molecular weight excluding hydrogens is 279 g/mol. The van der Waals surface area contributed by atoms with Gasteiger partial charge in [-0.05, 0) is 50.3 Å². The van der Waals surface area contributed by atoms with Crippen molar-refractivity contribution in [3.05, 3.63) is 29.0 Å². The highest BCUT2D eigenvalue weighted by Crippen LogP contribution is 2.46. The van der Waals surface area contributed by atoms with Crippen molar-refractivity contribution in [3.63, 3.8) is 0 Å². The molecule has 3 rings (SSSR count). The summed E-state index contributed by atoms with van der Waals surface area (Å²) in [4.78, 5) is 14.5. The van der Waals surface area contributed by atoms with Crippen LogP contribution < -0.4 is 10.6 Å². The van der Waals surface area contributed by atoms with Crippen molar-refractivity contribution in [2.45, 2.75) is 38.1 Å². The molecule has 108 valence electrons. The summed E-state index contributed by atoms with van der Waals surface area (Å²) in [5, 5.41) is 0.294. The average molecular weight is 297 g/mol. The monoisotopic (exact) mass is 296 g/mol. The molecule has 1 heterocycles. The third-order valence-corrected chi connectivity index (χ3v) is 5.00. The van der Waals surface area contributed by atoms with Crippen molar-refractivity contribution < 1.29 is 9.18 Å². The lowest BCUT2D eigenvalue weighted by molar-refractivity contribution is -0.127. The fourth-order valence-corrected chi connectivity index (χ4v) is 3.68. The Kier molecular flexibility index (Phi) is 3.46. The van der Waals surface area contributed by atoms with Crippen LogP contribution in [0.2, 0.25) is 5.02 Å². The zero-order chi connectivity index (χ0) is 14.3. The minimum Gasteiger partial charge on any atom is -0.328 e. The van der Waals surface area contributed by atoms with Gasteiger partial charge in [0.1, 0.15) is 5.82 Å². The van der Waals surface area contributed by atoms with E-state index < -0.39 is 0 Å². The second-order valence-corrected chi connectivity index (χ2v) is 6.33. The molecule has 0 bridgehead atoms. The Hall–Kier alpha value is -1.13. The topological polar surface area (TPSA) is 46.3 Å². The summed E-state index contributed by atoms with van der Waals surface area (Å²) >= 11 is 6.07. The van der Waals surface area contributed by atoms with Crippen LogP contribution in [0.3, 0.4) is 0 Å². The maximum absolute atomic E-state index is 13.1. The van der Waals surface area contributed by atoms with Gasteiger partial charge in [-0.25, -0.2) is 4.39 Å². The normalized spacial score (nSPS) is 30.2. The van der Waals surface area contributed by atoms with Crippen LogP contribution in [-0.4, -0.2) is 18.5 Å². The minimum atomic E-state index is -0.385. The molecule has 1 aliphatic heterocycles. The number of anilines is 1. The smallest absolute Gasteiger partial charge is 0.233 e. The lowest BCUT2D eigenvalue weighted by atomic mass is 9.71. The van der Waals surface area contributed by atoms with Crippen LogP contribution in [0.1, 0.15) is 32.1 Å². The number of nitrogens with two attached hydrogens (primary N) is 1. The van der Waals surface area contributed by atoms with Crippen molar-refractivity contribution >= 4 is 23.2 Å². The number of nitrogens with zero attached hydrogens (tertiary/aromatic N) is 1. The Bertz CT molecular complexity index is 541. The van der Waals surface area contributed by atoms with Gasteiger partial charge in [0.05, 0.1) is 16.1 Å². The number of benzene rings is 1. The van der Waals surface area contributed by atoms with Gasteiger partial charge in [0.2, 0.25) is 5.91 Å². The standard InChI is InChI=1S/C15H18ClFN2O/c16-12-9-10(17)1-2-13(12)19-8-7-15(14(19)20)5-3-11(18)4-6-15/h1-2,9,11H,3-8,18H2. The Morgan fingerprint density at radius 2 is 2.00 bits per heavy atom. The van der Waals surface area contributed by atoms with E-state index in [1.807, 2.05) is 0 Å². The van der Waals surface area contributed by atoms with Gasteiger partial charge in [-0.1, -0.05) is 11.6 Å². The highest BCUT2D eigenvalue weighted by atomic mass is 35.5. The van der Waals surface area contributed by atoms with Crippen LogP contribution in [0, 0.1) is 11.2 Å². The fourth-order valence-electron chi connectivity index (χ4n) is 3.41.